The molecule has 27 heavy (non-hydrogen) atoms. The third-order valence-corrected chi connectivity index (χ3v) is 4.53. The number of H-pyrrole nitrogens is 2. The molecule has 0 saturated carbocycles. The second-order valence-electron chi connectivity index (χ2n) is 6.48. The number of imidazole rings is 1. The first kappa shape index (κ1) is 17.7. The smallest absolute Gasteiger partial charge is 0.165 e. The van der Waals surface area contributed by atoms with Crippen LogP contribution in [0.4, 0.5) is 4.39 Å². The van der Waals surface area contributed by atoms with Crippen LogP contribution in [0.1, 0.15) is 23.3 Å². The first-order chi connectivity index (χ1) is 13.3. The minimum Gasteiger partial charge on any atom is -0.490 e. The highest BCUT2D eigenvalue weighted by Gasteiger charge is 2.24. The van der Waals surface area contributed by atoms with Crippen LogP contribution in [-0.2, 0) is 17.7 Å². The molecular formula is C19H22FN5O2. The van der Waals surface area contributed by atoms with Crippen LogP contribution in [0.25, 0.3) is 0 Å². The Hall–Kier alpha value is -2.71. The number of nitrogens with zero attached hydrogens (tertiary/aromatic N) is 3. The standard InChI is InChI=1S/C19H22FN5O2/c20-15-3-1-2-4-17(15)26-9-5-14-11-16(24-23-14)18-12-25(8-10-27-18)13-19-21-6-7-22-19/h1-4,6-7,11,18H,5,8-10,12-13H2,(H,21,22)(H,23,24). The number of hydrogen-bond acceptors (Lipinski definition) is 5. The SMILES string of the molecule is Fc1ccccc1OCCc1cc(C2CN(Cc3ncc[nH]3)CCO2)n[nH]1. The number of para-hydroxylation sites is 1. The van der Waals surface area contributed by atoms with Gasteiger partial charge in [-0.05, 0) is 18.2 Å². The molecule has 0 radical (unpaired) electrons. The van der Waals surface area contributed by atoms with E-state index in [4.69, 9.17) is 9.47 Å². The summed E-state index contributed by atoms with van der Waals surface area (Å²) in [5, 5.41) is 7.41. The zero-order chi connectivity index (χ0) is 18.5. The molecule has 4 rings (SSSR count). The molecule has 8 heteroatoms. The number of aromatic amines is 2. The summed E-state index contributed by atoms with van der Waals surface area (Å²) in [4.78, 5) is 9.70. The Morgan fingerprint density at radius 3 is 3.11 bits per heavy atom. The summed E-state index contributed by atoms with van der Waals surface area (Å²) >= 11 is 0. The Bertz CT molecular complexity index is 851. The lowest BCUT2D eigenvalue weighted by Gasteiger charge is -2.31. The summed E-state index contributed by atoms with van der Waals surface area (Å²) < 4.78 is 24.9. The van der Waals surface area contributed by atoms with Crippen LogP contribution in [0, 0.1) is 5.82 Å². The maximum atomic E-state index is 13.6. The number of aromatic nitrogens is 4. The Morgan fingerprint density at radius 1 is 1.33 bits per heavy atom. The number of nitrogens with one attached hydrogen (secondary N) is 2. The molecule has 1 aliphatic rings. The summed E-state index contributed by atoms with van der Waals surface area (Å²) in [5.41, 5.74) is 1.81. The van der Waals surface area contributed by atoms with Gasteiger partial charge >= 0.3 is 0 Å². The van der Waals surface area contributed by atoms with Crippen LogP contribution < -0.4 is 4.74 Å². The number of rotatable bonds is 7. The normalized spacial score (nSPS) is 17.9. The van der Waals surface area contributed by atoms with E-state index in [1.165, 1.54) is 6.07 Å². The fraction of sp³-hybridized carbons (Fsp3) is 0.368. The van der Waals surface area contributed by atoms with E-state index in [1.807, 2.05) is 12.3 Å². The second-order valence-corrected chi connectivity index (χ2v) is 6.48. The third-order valence-electron chi connectivity index (χ3n) is 4.53. The zero-order valence-corrected chi connectivity index (χ0v) is 14.9. The fourth-order valence-electron chi connectivity index (χ4n) is 3.13. The van der Waals surface area contributed by atoms with E-state index in [9.17, 15) is 4.39 Å². The minimum absolute atomic E-state index is 0.0776. The van der Waals surface area contributed by atoms with Crippen LogP contribution in [0.2, 0.25) is 0 Å². The van der Waals surface area contributed by atoms with Crippen LogP contribution in [-0.4, -0.2) is 51.4 Å². The average Bonchev–Trinajstić information content (AvgIpc) is 3.36. The van der Waals surface area contributed by atoms with Gasteiger partial charge in [0.1, 0.15) is 11.9 Å². The summed E-state index contributed by atoms with van der Waals surface area (Å²) in [6, 6.07) is 8.39. The van der Waals surface area contributed by atoms with Crippen molar-refractivity contribution < 1.29 is 13.9 Å². The minimum atomic E-state index is -0.352. The van der Waals surface area contributed by atoms with Crippen molar-refractivity contribution in [3.8, 4) is 5.75 Å². The Morgan fingerprint density at radius 2 is 2.26 bits per heavy atom. The van der Waals surface area contributed by atoms with Crippen molar-refractivity contribution in [1.82, 2.24) is 25.1 Å². The van der Waals surface area contributed by atoms with Crippen LogP contribution in [0.3, 0.4) is 0 Å². The molecule has 0 aliphatic carbocycles. The van der Waals surface area contributed by atoms with Crippen molar-refractivity contribution in [2.45, 2.75) is 19.1 Å². The lowest BCUT2D eigenvalue weighted by atomic mass is 10.2. The van der Waals surface area contributed by atoms with Crippen LogP contribution in [0.15, 0.2) is 42.7 Å². The topological polar surface area (TPSA) is 79.1 Å². The summed E-state index contributed by atoms with van der Waals surface area (Å²) in [6.45, 7) is 3.42. The maximum Gasteiger partial charge on any atom is 0.165 e. The Balaban J connectivity index is 1.30. The van der Waals surface area contributed by atoms with E-state index >= 15 is 0 Å². The monoisotopic (exact) mass is 371 g/mol. The van der Waals surface area contributed by atoms with Gasteiger partial charge in [-0.3, -0.25) is 10.00 Å². The van der Waals surface area contributed by atoms with Gasteiger partial charge in [0.15, 0.2) is 11.6 Å². The van der Waals surface area contributed by atoms with Gasteiger partial charge in [-0.2, -0.15) is 5.10 Å². The first-order valence-electron chi connectivity index (χ1n) is 9.01. The van der Waals surface area contributed by atoms with Crippen LogP contribution >= 0.6 is 0 Å². The number of hydrogen-bond donors (Lipinski definition) is 2. The Kier molecular flexibility index (Phi) is 5.45. The van der Waals surface area contributed by atoms with E-state index < -0.39 is 0 Å². The molecule has 2 aromatic heterocycles. The van der Waals surface area contributed by atoms with Gasteiger partial charge in [0.05, 0.1) is 25.5 Å². The molecule has 3 heterocycles. The van der Waals surface area contributed by atoms with E-state index in [0.29, 0.717) is 19.6 Å². The lowest BCUT2D eigenvalue weighted by molar-refractivity contribution is -0.0356. The van der Waals surface area contributed by atoms with Crippen molar-refractivity contribution in [1.29, 1.82) is 0 Å². The molecule has 1 aliphatic heterocycles. The molecular weight excluding hydrogens is 349 g/mol. The molecule has 1 fully saturated rings. The summed E-state index contributed by atoms with van der Waals surface area (Å²) in [6.07, 6.45) is 4.13. The highest BCUT2D eigenvalue weighted by molar-refractivity contribution is 5.23. The van der Waals surface area contributed by atoms with Crippen molar-refractivity contribution in [3.05, 3.63) is 65.8 Å². The molecule has 1 atom stereocenters. The van der Waals surface area contributed by atoms with Gasteiger partial charge in [-0.25, -0.2) is 9.37 Å². The first-order valence-corrected chi connectivity index (χ1v) is 9.01. The maximum absolute atomic E-state index is 13.6. The molecule has 1 aromatic carbocycles. The molecule has 1 unspecified atom stereocenters. The molecule has 0 bridgehead atoms. The molecule has 0 spiro atoms. The quantitative estimate of drug-likeness (QED) is 0.667. The zero-order valence-electron chi connectivity index (χ0n) is 14.9. The largest absolute Gasteiger partial charge is 0.490 e. The number of benzene rings is 1. The van der Waals surface area contributed by atoms with Crippen molar-refractivity contribution >= 4 is 0 Å². The van der Waals surface area contributed by atoms with Gasteiger partial charge in [-0.15, -0.1) is 0 Å². The molecule has 142 valence electrons. The van der Waals surface area contributed by atoms with Gasteiger partial charge in [0, 0.05) is 37.6 Å². The van der Waals surface area contributed by atoms with Gasteiger partial charge in [0.25, 0.3) is 0 Å². The summed E-state index contributed by atoms with van der Waals surface area (Å²) in [7, 11) is 0. The van der Waals surface area contributed by atoms with Crippen LogP contribution in [0.5, 0.6) is 5.75 Å². The number of morpholine rings is 1. The van der Waals surface area contributed by atoms with E-state index in [1.54, 1.807) is 24.4 Å². The predicted octanol–water partition coefficient (Wildman–Crippen LogP) is 2.47. The Labute approximate surface area is 156 Å². The molecule has 0 amide bonds. The van der Waals surface area contributed by atoms with Crippen molar-refractivity contribution in [2.75, 3.05) is 26.3 Å². The van der Waals surface area contributed by atoms with Crippen molar-refractivity contribution in [2.24, 2.45) is 0 Å². The second kappa shape index (κ2) is 8.32. The van der Waals surface area contributed by atoms with Crippen molar-refractivity contribution in [3.63, 3.8) is 0 Å². The number of halogens is 1. The van der Waals surface area contributed by atoms with Gasteiger partial charge < -0.3 is 14.5 Å². The van der Waals surface area contributed by atoms with Gasteiger partial charge in [0.2, 0.25) is 0 Å². The lowest BCUT2D eigenvalue weighted by Crippen LogP contribution is -2.38. The molecule has 1 saturated heterocycles. The predicted molar refractivity (Wildman–Crippen MR) is 96.7 cm³/mol. The highest BCUT2D eigenvalue weighted by atomic mass is 19.1. The third kappa shape index (κ3) is 4.53. The van der Waals surface area contributed by atoms with E-state index in [0.717, 1.165) is 36.8 Å². The highest BCUT2D eigenvalue weighted by Crippen LogP contribution is 2.22. The summed E-state index contributed by atoms with van der Waals surface area (Å²) in [5.74, 6) is 0.861. The molecule has 7 nitrogen and oxygen atoms in total. The fourth-order valence-corrected chi connectivity index (χ4v) is 3.13. The van der Waals surface area contributed by atoms with E-state index in [-0.39, 0.29) is 17.7 Å². The average molecular weight is 371 g/mol. The molecule has 3 aromatic rings. The van der Waals surface area contributed by atoms with Gasteiger partial charge in [-0.1, -0.05) is 12.1 Å². The van der Waals surface area contributed by atoms with E-state index in [2.05, 4.69) is 25.1 Å². The number of ether oxygens (including phenoxy) is 2. The molecule has 2 N–H and O–H groups in total.